The maximum atomic E-state index is 12.0. The number of esters is 1. The Morgan fingerprint density at radius 3 is 1.98 bits per heavy atom. The predicted molar refractivity (Wildman–Crippen MR) is 169 cm³/mol. The average Bonchev–Trinajstić information content (AvgIpc) is 2.97. The van der Waals surface area contributed by atoms with E-state index in [2.05, 4.69) is 27.1 Å². The molecule has 0 aliphatic heterocycles. The van der Waals surface area contributed by atoms with E-state index in [0.29, 0.717) is 6.61 Å². The second-order valence-corrected chi connectivity index (χ2v) is 12.4. The summed E-state index contributed by atoms with van der Waals surface area (Å²) in [5.41, 5.74) is 1.17. The number of ether oxygens (including phenoxy) is 2. The SMILES string of the molecule is CCCCCCCCCCCCCCCCc1ccccc1OCC(COP(O)OCCC[NH+](C)C)OC(=O)CC. The third kappa shape index (κ3) is 22.0. The van der Waals surface area contributed by atoms with Gasteiger partial charge in [0.1, 0.15) is 12.4 Å². The second kappa shape index (κ2) is 26.4. The van der Waals surface area contributed by atoms with Crippen molar-refractivity contribution < 1.29 is 33.1 Å². The molecule has 41 heavy (non-hydrogen) atoms. The van der Waals surface area contributed by atoms with Gasteiger partial charge in [-0.3, -0.25) is 4.79 Å². The van der Waals surface area contributed by atoms with E-state index in [1.807, 2.05) is 18.2 Å². The van der Waals surface area contributed by atoms with Crippen molar-refractivity contribution in [3.8, 4) is 5.75 Å². The van der Waals surface area contributed by atoms with E-state index < -0.39 is 14.7 Å². The lowest BCUT2D eigenvalue weighted by atomic mass is 10.0. The highest BCUT2D eigenvalue weighted by molar-refractivity contribution is 7.40. The van der Waals surface area contributed by atoms with Crippen LogP contribution in [0.1, 0.15) is 122 Å². The zero-order valence-corrected chi connectivity index (χ0v) is 27.6. The van der Waals surface area contributed by atoms with Gasteiger partial charge in [0.2, 0.25) is 0 Å². The molecule has 0 aliphatic carbocycles. The molecule has 1 aromatic carbocycles. The van der Waals surface area contributed by atoms with E-state index in [1.165, 1.54) is 93.9 Å². The molecule has 1 aromatic rings. The molecule has 0 heterocycles. The molecule has 2 unspecified atom stereocenters. The van der Waals surface area contributed by atoms with Crippen LogP contribution in [0.25, 0.3) is 0 Å². The zero-order chi connectivity index (χ0) is 30.0. The molecule has 0 radical (unpaired) electrons. The maximum absolute atomic E-state index is 12.0. The molecule has 0 bridgehead atoms. The van der Waals surface area contributed by atoms with E-state index in [0.717, 1.165) is 31.6 Å². The van der Waals surface area contributed by atoms with E-state index in [-0.39, 0.29) is 25.6 Å². The normalized spacial score (nSPS) is 12.9. The Balaban J connectivity index is 2.30. The third-order valence-electron chi connectivity index (χ3n) is 7.18. The summed E-state index contributed by atoms with van der Waals surface area (Å²) in [6.45, 7) is 5.59. The van der Waals surface area contributed by atoms with Gasteiger partial charge < -0.3 is 28.3 Å². The molecular formula is C33H61NO6P+. The quantitative estimate of drug-likeness (QED) is 0.0604. The fourth-order valence-electron chi connectivity index (χ4n) is 4.68. The molecule has 1 rings (SSSR count). The van der Waals surface area contributed by atoms with E-state index in [4.69, 9.17) is 18.5 Å². The highest BCUT2D eigenvalue weighted by atomic mass is 31.2. The number of carbonyl (C=O) groups excluding carboxylic acids is 1. The Morgan fingerprint density at radius 1 is 0.805 bits per heavy atom. The molecular weight excluding hydrogens is 537 g/mol. The number of unbranched alkanes of at least 4 members (excludes halogenated alkanes) is 13. The fraction of sp³-hybridized carbons (Fsp3) is 0.788. The third-order valence-corrected chi connectivity index (χ3v) is 7.95. The maximum Gasteiger partial charge on any atom is 0.329 e. The lowest BCUT2D eigenvalue weighted by Crippen LogP contribution is -3.05. The van der Waals surface area contributed by atoms with Gasteiger partial charge in [0.15, 0.2) is 6.10 Å². The molecule has 0 spiro atoms. The molecule has 0 saturated carbocycles. The molecule has 0 aromatic heterocycles. The number of nitrogens with one attached hydrogen (secondary N) is 1. The van der Waals surface area contributed by atoms with Gasteiger partial charge in [0.05, 0.1) is 33.9 Å². The van der Waals surface area contributed by atoms with Crippen molar-refractivity contribution in [2.24, 2.45) is 0 Å². The Kier molecular flexibility index (Phi) is 24.3. The van der Waals surface area contributed by atoms with Crippen LogP contribution in [0.15, 0.2) is 24.3 Å². The highest BCUT2D eigenvalue weighted by Gasteiger charge is 2.19. The Labute approximate surface area is 252 Å². The van der Waals surface area contributed by atoms with Crippen molar-refractivity contribution in [3.63, 3.8) is 0 Å². The average molecular weight is 599 g/mol. The monoisotopic (exact) mass is 598 g/mol. The van der Waals surface area contributed by atoms with Crippen molar-refractivity contribution in [1.29, 1.82) is 0 Å². The lowest BCUT2D eigenvalue weighted by Gasteiger charge is -2.20. The first-order valence-electron chi connectivity index (χ1n) is 16.4. The molecule has 2 N–H and O–H groups in total. The summed E-state index contributed by atoms with van der Waals surface area (Å²) in [7, 11) is 2.12. The summed E-state index contributed by atoms with van der Waals surface area (Å²) in [4.78, 5) is 23.4. The largest absolute Gasteiger partial charge is 0.489 e. The summed E-state index contributed by atoms with van der Waals surface area (Å²) in [6, 6.07) is 8.08. The van der Waals surface area contributed by atoms with Crippen LogP contribution in [0.4, 0.5) is 0 Å². The van der Waals surface area contributed by atoms with Crippen molar-refractivity contribution in [2.75, 3.05) is 40.5 Å². The van der Waals surface area contributed by atoms with Gasteiger partial charge in [0.25, 0.3) is 0 Å². The fourth-order valence-corrected chi connectivity index (χ4v) is 5.34. The second-order valence-electron chi connectivity index (χ2n) is 11.4. The van der Waals surface area contributed by atoms with Crippen LogP contribution in [0, 0.1) is 0 Å². The summed E-state index contributed by atoms with van der Waals surface area (Å²) < 4.78 is 22.4. The minimum atomic E-state index is -2.02. The van der Waals surface area contributed by atoms with Crippen LogP contribution in [0.5, 0.6) is 5.75 Å². The Hall–Kier alpha value is -1.24. The molecule has 0 saturated heterocycles. The molecule has 0 amide bonds. The van der Waals surface area contributed by atoms with Gasteiger partial charge in [-0.1, -0.05) is 116 Å². The minimum Gasteiger partial charge on any atom is -0.489 e. The smallest absolute Gasteiger partial charge is 0.329 e. The number of quaternary nitrogens is 1. The molecule has 7 nitrogen and oxygen atoms in total. The van der Waals surface area contributed by atoms with Crippen LogP contribution in [0.2, 0.25) is 0 Å². The topological polar surface area (TPSA) is 78.7 Å². The van der Waals surface area contributed by atoms with Gasteiger partial charge in [-0.25, -0.2) is 0 Å². The number of para-hydroxylation sites is 1. The number of rotatable bonds is 28. The first-order chi connectivity index (χ1) is 20.0. The van der Waals surface area contributed by atoms with E-state index >= 15 is 0 Å². The summed E-state index contributed by atoms with van der Waals surface area (Å²) in [6.07, 6.45) is 20.3. The molecule has 0 fully saturated rings. The summed E-state index contributed by atoms with van der Waals surface area (Å²) >= 11 is 0. The molecule has 2 atom stereocenters. The standard InChI is InChI=1S/C33H60NO6P/c1-5-7-8-9-10-11-12-13-14-15-16-17-18-19-23-30-24-20-21-25-32(30)37-28-31(40-33(35)6-2)29-39-41(36)38-27-22-26-34(3)4/h20-21,24-25,31,36H,5-19,22-23,26-29H2,1-4H3/p+1. The van der Waals surface area contributed by atoms with E-state index in [1.54, 1.807) is 6.92 Å². The van der Waals surface area contributed by atoms with Crippen molar-refractivity contribution in [3.05, 3.63) is 29.8 Å². The first-order valence-corrected chi connectivity index (χ1v) is 17.5. The van der Waals surface area contributed by atoms with Crippen LogP contribution in [0.3, 0.4) is 0 Å². The van der Waals surface area contributed by atoms with Crippen molar-refractivity contribution in [1.82, 2.24) is 0 Å². The highest BCUT2D eigenvalue weighted by Crippen LogP contribution is 2.33. The van der Waals surface area contributed by atoms with Crippen LogP contribution >= 0.6 is 8.60 Å². The van der Waals surface area contributed by atoms with Crippen molar-refractivity contribution in [2.45, 2.75) is 129 Å². The zero-order valence-electron chi connectivity index (χ0n) is 26.7. The molecule has 8 heteroatoms. The molecule has 238 valence electrons. The van der Waals surface area contributed by atoms with Gasteiger partial charge in [-0.2, -0.15) is 0 Å². The molecule has 0 aliphatic rings. The van der Waals surface area contributed by atoms with Crippen LogP contribution < -0.4 is 9.64 Å². The number of hydrogen-bond donors (Lipinski definition) is 2. The van der Waals surface area contributed by atoms with Crippen LogP contribution in [-0.4, -0.2) is 57.4 Å². The van der Waals surface area contributed by atoms with Gasteiger partial charge in [-0.05, 0) is 24.5 Å². The number of aryl methyl sites for hydroxylation is 1. The van der Waals surface area contributed by atoms with Gasteiger partial charge in [0, 0.05) is 12.8 Å². The van der Waals surface area contributed by atoms with Crippen molar-refractivity contribution >= 4 is 14.6 Å². The lowest BCUT2D eigenvalue weighted by molar-refractivity contribution is -0.858. The number of benzene rings is 1. The van der Waals surface area contributed by atoms with Crippen LogP contribution in [-0.2, 0) is 25.0 Å². The first kappa shape index (κ1) is 37.8. The van der Waals surface area contributed by atoms with Gasteiger partial charge >= 0.3 is 14.6 Å². The minimum absolute atomic E-state index is 0.0218. The van der Waals surface area contributed by atoms with Gasteiger partial charge in [-0.15, -0.1) is 0 Å². The number of hydrogen-bond acceptors (Lipinski definition) is 6. The van der Waals surface area contributed by atoms with E-state index in [9.17, 15) is 9.69 Å². The Bertz CT molecular complexity index is 750. The summed E-state index contributed by atoms with van der Waals surface area (Å²) in [5.74, 6) is 0.489. The summed E-state index contributed by atoms with van der Waals surface area (Å²) in [5, 5.41) is 0. The number of carbonyl (C=O) groups is 1. The predicted octanol–water partition coefficient (Wildman–Crippen LogP) is 7.20. The Morgan fingerprint density at radius 2 is 1.39 bits per heavy atom.